The van der Waals surface area contributed by atoms with Crippen molar-refractivity contribution in [3.8, 4) is 0 Å². The van der Waals surface area contributed by atoms with Gasteiger partial charge in [0.2, 0.25) is 5.78 Å². The molecule has 0 spiro atoms. The molecule has 0 aliphatic rings. The molecule has 2 nitrogen and oxygen atoms in total. The molecular weight excluding hydrogens is 303 g/mol. The molecule has 0 unspecified atom stereocenters. The van der Waals surface area contributed by atoms with Gasteiger partial charge in [0, 0.05) is 9.13 Å². The number of hydrogen-bond donors (Lipinski definition) is 0. The van der Waals surface area contributed by atoms with Gasteiger partial charge in [0.25, 0.3) is 0 Å². The first-order valence-corrected chi connectivity index (χ1v) is 5.62. The number of benzene rings is 1. The van der Waals surface area contributed by atoms with Gasteiger partial charge in [-0.25, -0.2) is 0 Å². The summed E-state index contributed by atoms with van der Waals surface area (Å²) < 4.78 is 6.24. The molecule has 0 aliphatic heterocycles. The predicted molar refractivity (Wildman–Crippen MR) is 66.0 cm³/mol. The van der Waals surface area contributed by atoms with Crippen LogP contribution in [0.4, 0.5) is 0 Å². The Kier molecular flexibility index (Phi) is 2.90. The van der Waals surface area contributed by atoms with Gasteiger partial charge in [0.05, 0.1) is 0 Å². The van der Waals surface area contributed by atoms with Crippen molar-refractivity contribution in [3.63, 3.8) is 0 Å². The highest BCUT2D eigenvalue weighted by Gasteiger charge is 2.14. The van der Waals surface area contributed by atoms with Crippen molar-refractivity contribution in [1.82, 2.24) is 0 Å². The molecule has 2 aromatic rings. The van der Waals surface area contributed by atoms with E-state index in [0.717, 1.165) is 9.33 Å². The van der Waals surface area contributed by atoms with Crippen molar-refractivity contribution >= 4 is 28.4 Å². The van der Waals surface area contributed by atoms with E-state index >= 15 is 0 Å². The van der Waals surface area contributed by atoms with E-state index in [0.29, 0.717) is 11.3 Å². The molecule has 1 aromatic heterocycles. The smallest absolute Gasteiger partial charge is 0.229 e. The molecular formula is C12H9IO2. The van der Waals surface area contributed by atoms with E-state index in [1.807, 2.05) is 31.2 Å². The van der Waals surface area contributed by atoms with Crippen LogP contribution in [0.25, 0.3) is 0 Å². The highest BCUT2D eigenvalue weighted by Crippen LogP contribution is 2.17. The largest absolute Gasteiger partial charge is 0.458 e. The summed E-state index contributed by atoms with van der Waals surface area (Å²) in [4.78, 5) is 12.0. The Labute approximate surface area is 101 Å². The lowest BCUT2D eigenvalue weighted by Crippen LogP contribution is -2.01. The molecule has 1 heterocycles. The monoisotopic (exact) mass is 312 g/mol. The lowest BCUT2D eigenvalue weighted by atomic mass is 10.1. The van der Waals surface area contributed by atoms with Crippen LogP contribution in [0.5, 0.6) is 0 Å². The van der Waals surface area contributed by atoms with Crippen LogP contribution < -0.4 is 0 Å². The van der Waals surface area contributed by atoms with Crippen LogP contribution in [0.15, 0.2) is 40.8 Å². The number of furan rings is 1. The maximum Gasteiger partial charge on any atom is 0.229 e. The van der Waals surface area contributed by atoms with Crippen LogP contribution in [0, 0.1) is 10.5 Å². The van der Waals surface area contributed by atoms with Crippen molar-refractivity contribution in [2.75, 3.05) is 0 Å². The molecule has 0 radical (unpaired) electrons. The van der Waals surface area contributed by atoms with Gasteiger partial charge in [-0.15, -0.1) is 0 Å². The van der Waals surface area contributed by atoms with Crippen LogP contribution in [0.1, 0.15) is 21.9 Å². The van der Waals surface area contributed by atoms with Gasteiger partial charge in [0.15, 0.2) is 5.76 Å². The fourth-order valence-corrected chi connectivity index (χ4v) is 1.97. The SMILES string of the molecule is Cc1ccc(C(=O)c2ccccc2I)o1. The number of hydrogen-bond acceptors (Lipinski definition) is 2. The lowest BCUT2D eigenvalue weighted by molar-refractivity contribution is 0.101. The minimum atomic E-state index is -0.0619. The summed E-state index contributed by atoms with van der Waals surface area (Å²) in [6.45, 7) is 1.83. The molecule has 3 heteroatoms. The van der Waals surface area contributed by atoms with Crippen LogP contribution in [-0.4, -0.2) is 5.78 Å². The molecule has 0 N–H and O–H groups in total. The Morgan fingerprint density at radius 3 is 2.53 bits per heavy atom. The molecule has 0 saturated heterocycles. The standard InChI is InChI=1S/C12H9IO2/c1-8-6-7-11(15-8)12(14)9-4-2-3-5-10(9)13/h2-7H,1H3. The van der Waals surface area contributed by atoms with Gasteiger partial charge in [-0.2, -0.15) is 0 Å². The summed E-state index contributed by atoms with van der Waals surface area (Å²) in [7, 11) is 0. The second kappa shape index (κ2) is 4.18. The molecule has 0 aliphatic carbocycles. The van der Waals surface area contributed by atoms with Gasteiger partial charge in [-0.1, -0.05) is 12.1 Å². The third-order valence-corrected chi connectivity index (χ3v) is 3.02. The zero-order chi connectivity index (χ0) is 10.8. The molecule has 2 rings (SSSR count). The van der Waals surface area contributed by atoms with Crippen molar-refractivity contribution in [1.29, 1.82) is 0 Å². The minimum absolute atomic E-state index is 0.0619. The third kappa shape index (κ3) is 2.12. The van der Waals surface area contributed by atoms with Crippen molar-refractivity contribution in [3.05, 3.63) is 57.1 Å². The number of rotatable bonds is 2. The second-order valence-corrected chi connectivity index (χ2v) is 4.38. The topological polar surface area (TPSA) is 30.2 Å². The van der Waals surface area contributed by atoms with Crippen LogP contribution >= 0.6 is 22.6 Å². The zero-order valence-corrected chi connectivity index (χ0v) is 10.3. The van der Waals surface area contributed by atoms with Crippen molar-refractivity contribution in [2.24, 2.45) is 0 Å². The third-order valence-electron chi connectivity index (χ3n) is 2.08. The Morgan fingerprint density at radius 2 is 1.93 bits per heavy atom. The first-order chi connectivity index (χ1) is 7.18. The maximum absolute atomic E-state index is 12.0. The van der Waals surface area contributed by atoms with Crippen LogP contribution in [0.2, 0.25) is 0 Å². The van der Waals surface area contributed by atoms with Gasteiger partial charge in [-0.3, -0.25) is 4.79 Å². The van der Waals surface area contributed by atoms with Gasteiger partial charge < -0.3 is 4.42 Å². The fourth-order valence-electron chi connectivity index (χ4n) is 1.33. The van der Waals surface area contributed by atoms with Crippen molar-refractivity contribution < 1.29 is 9.21 Å². The quantitative estimate of drug-likeness (QED) is 0.628. The van der Waals surface area contributed by atoms with E-state index in [9.17, 15) is 4.79 Å². The number of carbonyl (C=O) groups is 1. The molecule has 0 saturated carbocycles. The Balaban J connectivity index is 2.41. The molecule has 15 heavy (non-hydrogen) atoms. The highest BCUT2D eigenvalue weighted by molar-refractivity contribution is 14.1. The van der Waals surface area contributed by atoms with Crippen LogP contribution in [-0.2, 0) is 0 Å². The summed E-state index contributed by atoms with van der Waals surface area (Å²) >= 11 is 2.15. The number of carbonyl (C=O) groups excluding carboxylic acids is 1. The summed E-state index contributed by atoms with van der Waals surface area (Å²) in [5.41, 5.74) is 0.687. The summed E-state index contributed by atoms with van der Waals surface area (Å²) in [6.07, 6.45) is 0. The fraction of sp³-hybridized carbons (Fsp3) is 0.0833. The second-order valence-electron chi connectivity index (χ2n) is 3.22. The summed E-state index contributed by atoms with van der Waals surface area (Å²) in [5.74, 6) is 1.09. The predicted octanol–water partition coefficient (Wildman–Crippen LogP) is 3.42. The number of ketones is 1. The van der Waals surface area contributed by atoms with E-state index in [1.165, 1.54) is 0 Å². The lowest BCUT2D eigenvalue weighted by Gasteiger charge is -2.00. The highest BCUT2D eigenvalue weighted by atomic mass is 127. The minimum Gasteiger partial charge on any atom is -0.458 e. The maximum atomic E-state index is 12.0. The average molecular weight is 312 g/mol. The molecule has 0 fully saturated rings. The molecule has 0 amide bonds. The van der Waals surface area contributed by atoms with E-state index in [-0.39, 0.29) is 5.78 Å². The van der Waals surface area contributed by atoms with Gasteiger partial charge >= 0.3 is 0 Å². The van der Waals surface area contributed by atoms with Crippen LogP contribution in [0.3, 0.4) is 0 Å². The first kappa shape index (κ1) is 10.4. The Hall–Kier alpha value is -1.10. The molecule has 76 valence electrons. The average Bonchev–Trinajstić information content (AvgIpc) is 2.65. The Morgan fingerprint density at radius 1 is 1.20 bits per heavy atom. The van der Waals surface area contributed by atoms with Gasteiger partial charge in [0.1, 0.15) is 5.76 Å². The van der Waals surface area contributed by atoms with Gasteiger partial charge in [-0.05, 0) is 53.8 Å². The summed E-state index contributed by atoms with van der Waals surface area (Å²) in [5, 5.41) is 0. The normalized spacial score (nSPS) is 10.3. The van der Waals surface area contributed by atoms with E-state index in [4.69, 9.17) is 4.42 Å². The molecule has 0 atom stereocenters. The Bertz CT molecular complexity index is 500. The van der Waals surface area contributed by atoms with E-state index < -0.39 is 0 Å². The van der Waals surface area contributed by atoms with Crippen molar-refractivity contribution in [2.45, 2.75) is 6.92 Å². The number of halogens is 1. The first-order valence-electron chi connectivity index (χ1n) is 4.54. The number of aryl methyl sites for hydroxylation is 1. The molecule has 0 bridgehead atoms. The van der Waals surface area contributed by atoms with E-state index in [1.54, 1.807) is 12.1 Å². The summed E-state index contributed by atoms with van der Waals surface area (Å²) in [6, 6.07) is 11.0. The zero-order valence-electron chi connectivity index (χ0n) is 8.16. The van der Waals surface area contributed by atoms with E-state index in [2.05, 4.69) is 22.6 Å². The molecule has 1 aromatic carbocycles.